The number of para-hydroxylation sites is 1. The highest BCUT2D eigenvalue weighted by atomic mass is 16.4. The highest BCUT2D eigenvalue weighted by Crippen LogP contribution is 2.17. The summed E-state index contributed by atoms with van der Waals surface area (Å²) in [4.78, 5) is 28.8. The molecule has 0 radical (unpaired) electrons. The average Bonchev–Trinajstić information content (AvgIpc) is 2.48. The summed E-state index contributed by atoms with van der Waals surface area (Å²) < 4.78 is 0. The fourth-order valence-corrected chi connectivity index (χ4v) is 2.27. The van der Waals surface area contributed by atoms with E-state index in [1.165, 1.54) is 0 Å². The predicted molar refractivity (Wildman–Crippen MR) is 80.0 cm³/mol. The van der Waals surface area contributed by atoms with Gasteiger partial charge in [0.1, 0.15) is 0 Å². The van der Waals surface area contributed by atoms with Crippen LogP contribution in [0.3, 0.4) is 0 Å². The molecule has 0 atom stereocenters. The van der Waals surface area contributed by atoms with Crippen LogP contribution >= 0.6 is 0 Å². The third-order valence-corrected chi connectivity index (χ3v) is 3.39. The van der Waals surface area contributed by atoms with Crippen LogP contribution < -0.4 is 0 Å². The number of hydrogen-bond donors (Lipinski definition) is 1. The smallest absolute Gasteiger partial charge is 0.305 e. The first kappa shape index (κ1) is 15.0. The molecule has 2 aromatic rings. The molecule has 1 amide bonds. The van der Waals surface area contributed by atoms with E-state index in [1.54, 1.807) is 11.1 Å². The lowest BCUT2D eigenvalue weighted by atomic mass is 10.1. The normalized spacial score (nSPS) is 10.5. The quantitative estimate of drug-likeness (QED) is 0.882. The summed E-state index contributed by atoms with van der Waals surface area (Å²) in [6.07, 6.45) is 1.91. The topological polar surface area (TPSA) is 70.5 Å². The third-order valence-electron chi connectivity index (χ3n) is 3.39. The Bertz CT molecular complexity index is 650. The molecule has 0 aliphatic carbocycles. The highest BCUT2D eigenvalue weighted by Gasteiger charge is 2.15. The van der Waals surface area contributed by atoms with Crippen molar-refractivity contribution in [2.45, 2.75) is 19.8 Å². The summed E-state index contributed by atoms with van der Waals surface area (Å²) >= 11 is 0. The van der Waals surface area contributed by atoms with Gasteiger partial charge in [0.05, 0.1) is 18.4 Å². The molecule has 2 rings (SSSR count). The van der Waals surface area contributed by atoms with Gasteiger partial charge in [-0.25, -0.2) is 0 Å². The number of hydrogen-bond acceptors (Lipinski definition) is 3. The molecule has 1 aromatic carbocycles. The largest absolute Gasteiger partial charge is 0.481 e. The molecule has 0 spiro atoms. The average molecular weight is 286 g/mol. The Morgan fingerprint density at radius 2 is 2.00 bits per heavy atom. The predicted octanol–water partition coefficient (Wildman–Crippen LogP) is 2.10. The number of amides is 1. The summed E-state index contributed by atoms with van der Waals surface area (Å²) in [6, 6.07) is 9.56. The van der Waals surface area contributed by atoms with Crippen molar-refractivity contribution in [1.29, 1.82) is 0 Å². The number of nitrogens with zero attached hydrogens (tertiary/aromatic N) is 2. The Morgan fingerprint density at radius 1 is 1.24 bits per heavy atom. The third kappa shape index (κ3) is 3.78. The van der Waals surface area contributed by atoms with E-state index in [0.717, 1.165) is 16.5 Å². The van der Waals surface area contributed by atoms with E-state index in [1.807, 2.05) is 37.3 Å². The second-order valence-electron chi connectivity index (χ2n) is 4.79. The number of carbonyl (C=O) groups excluding carboxylic acids is 1. The van der Waals surface area contributed by atoms with Crippen molar-refractivity contribution in [1.82, 2.24) is 9.88 Å². The number of aromatic nitrogens is 1. The molecule has 0 saturated heterocycles. The summed E-state index contributed by atoms with van der Waals surface area (Å²) in [5.74, 6) is -0.968. The highest BCUT2D eigenvalue weighted by molar-refractivity contribution is 5.87. The van der Waals surface area contributed by atoms with Crippen molar-refractivity contribution in [3.05, 3.63) is 42.1 Å². The van der Waals surface area contributed by atoms with Gasteiger partial charge in [-0.1, -0.05) is 24.3 Å². The second kappa shape index (κ2) is 6.83. The summed E-state index contributed by atoms with van der Waals surface area (Å²) in [7, 11) is 0. The molecular formula is C16H18N2O3. The molecule has 1 aromatic heterocycles. The number of carboxylic acids is 1. The zero-order valence-corrected chi connectivity index (χ0v) is 12.0. The van der Waals surface area contributed by atoms with Crippen LogP contribution in [-0.2, 0) is 16.0 Å². The summed E-state index contributed by atoms with van der Waals surface area (Å²) in [6.45, 7) is 2.59. The van der Waals surface area contributed by atoms with Crippen LogP contribution in [0.5, 0.6) is 0 Å². The van der Waals surface area contributed by atoms with Crippen molar-refractivity contribution < 1.29 is 14.7 Å². The van der Waals surface area contributed by atoms with Crippen LogP contribution in [0.4, 0.5) is 0 Å². The summed E-state index contributed by atoms with van der Waals surface area (Å²) in [5, 5.41) is 9.72. The van der Waals surface area contributed by atoms with Gasteiger partial charge in [0, 0.05) is 24.7 Å². The van der Waals surface area contributed by atoms with Crippen molar-refractivity contribution >= 4 is 22.8 Å². The lowest BCUT2D eigenvalue weighted by molar-refractivity contribution is -0.138. The molecular weight excluding hydrogens is 268 g/mol. The lowest BCUT2D eigenvalue weighted by Crippen LogP contribution is -2.34. The van der Waals surface area contributed by atoms with Gasteiger partial charge in [0.25, 0.3) is 0 Å². The first-order valence-electron chi connectivity index (χ1n) is 6.94. The van der Waals surface area contributed by atoms with Crippen LogP contribution in [0.15, 0.2) is 36.5 Å². The minimum atomic E-state index is -0.895. The van der Waals surface area contributed by atoms with Gasteiger partial charge >= 0.3 is 5.97 Å². The van der Waals surface area contributed by atoms with Gasteiger partial charge in [-0.05, 0) is 18.6 Å². The van der Waals surface area contributed by atoms with E-state index in [9.17, 15) is 9.59 Å². The molecule has 0 saturated carbocycles. The van der Waals surface area contributed by atoms with Crippen molar-refractivity contribution in [2.75, 3.05) is 13.1 Å². The fraction of sp³-hybridized carbons (Fsp3) is 0.312. The molecule has 0 aliphatic rings. The first-order chi connectivity index (χ1) is 10.1. The van der Waals surface area contributed by atoms with Crippen LogP contribution in [0.25, 0.3) is 10.9 Å². The number of likely N-dealkylation sites (N-methyl/N-ethyl adjacent to an activating group) is 1. The van der Waals surface area contributed by atoms with Gasteiger partial charge < -0.3 is 10.0 Å². The Kier molecular flexibility index (Phi) is 4.87. The molecule has 21 heavy (non-hydrogen) atoms. The Morgan fingerprint density at radius 3 is 2.71 bits per heavy atom. The molecule has 0 bridgehead atoms. The van der Waals surface area contributed by atoms with E-state index in [0.29, 0.717) is 6.54 Å². The monoisotopic (exact) mass is 286 g/mol. The van der Waals surface area contributed by atoms with E-state index < -0.39 is 5.97 Å². The second-order valence-corrected chi connectivity index (χ2v) is 4.79. The van der Waals surface area contributed by atoms with Crippen molar-refractivity contribution in [3.63, 3.8) is 0 Å². The number of fused-ring (bicyclic) bond motifs is 1. The molecule has 110 valence electrons. The molecule has 1 heterocycles. The number of aliphatic carboxylic acids is 1. The zero-order chi connectivity index (χ0) is 15.2. The number of rotatable bonds is 6. The van der Waals surface area contributed by atoms with E-state index in [2.05, 4.69) is 4.98 Å². The van der Waals surface area contributed by atoms with Crippen LogP contribution in [0.1, 0.15) is 18.9 Å². The van der Waals surface area contributed by atoms with Crippen LogP contribution in [0.2, 0.25) is 0 Å². The molecule has 5 heteroatoms. The number of benzene rings is 1. The number of carbonyl (C=O) groups is 2. The van der Waals surface area contributed by atoms with Gasteiger partial charge in [-0.2, -0.15) is 0 Å². The maximum Gasteiger partial charge on any atom is 0.305 e. The van der Waals surface area contributed by atoms with Crippen LogP contribution in [-0.4, -0.2) is 40.0 Å². The Labute approximate surface area is 123 Å². The van der Waals surface area contributed by atoms with E-state index in [-0.39, 0.29) is 25.3 Å². The molecule has 0 unspecified atom stereocenters. The van der Waals surface area contributed by atoms with E-state index >= 15 is 0 Å². The standard InChI is InChI=1S/C16H18N2O3/c1-2-18(10-8-15(20)21)14(19)11-13-6-3-5-12-7-4-9-17-16(12)13/h3-7,9H,2,8,10-11H2,1H3,(H,20,21). The zero-order valence-electron chi connectivity index (χ0n) is 12.0. The van der Waals surface area contributed by atoms with Crippen molar-refractivity contribution in [2.24, 2.45) is 0 Å². The van der Waals surface area contributed by atoms with Crippen LogP contribution in [0, 0.1) is 0 Å². The van der Waals surface area contributed by atoms with E-state index in [4.69, 9.17) is 5.11 Å². The molecule has 0 fully saturated rings. The lowest BCUT2D eigenvalue weighted by Gasteiger charge is -2.20. The maximum atomic E-state index is 12.3. The molecule has 5 nitrogen and oxygen atoms in total. The Balaban J connectivity index is 2.15. The first-order valence-corrected chi connectivity index (χ1v) is 6.94. The SMILES string of the molecule is CCN(CCC(=O)O)C(=O)Cc1cccc2cccnc12. The maximum absolute atomic E-state index is 12.3. The van der Waals surface area contributed by atoms with Gasteiger partial charge in [-0.15, -0.1) is 0 Å². The molecule has 1 N–H and O–H groups in total. The summed E-state index contributed by atoms with van der Waals surface area (Å²) in [5.41, 5.74) is 1.69. The Hall–Kier alpha value is -2.43. The molecule has 0 aliphatic heterocycles. The number of carboxylic acid groups (broad SMARTS) is 1. The van der Waals surface area contributed by atoms with Gasteiger partial charge in [0.15, 0.2) is 0 Å². The van der Waals surface area contributed by atoms with Gasteiger partial charge in [0.2, 0.25) is 5.91 Å². The minimum absolute atomic E-state index is 0.0344. The van der Waals surface area contributed by atoms with Crippen molar-refractivity contribution in [3.8, 4) is 0 Å². The minimum Gasteiger partial charge on any atom is -0.481 e. The number of pyridine rings is 1. The van der Waals surface area contributed by atoms with Gasteiger partial charge in [-0.3, -0.25) is 14.6 Å². The fourth-order valence-electron chi connectivity index (χ4n) is 2.27.